The van der Waals surface area contributed by atoms with Crippen molar-refractivity contribution in [3.05, 3.63) is 12.2 Å². The third kappa shape index (κ3) is 2.74. The van der Waals surface area contributed by atoms with E-state index in [0.29, 0.717) is 5.92 Å². The first-order chi connectivity index (χ1) is 5.24. The van der Waals surface area contributed by atoms with Crippen LogP contribution in [0, 0.1) is 5.92 Å². The van der Waals surface area contributed by atoms with E-state index in [1.54, 1.807) is 6.08 Å². The van der Waals surface area contributed by atoms with Crippen molar-refractivity contribution < 1.29 is 9.53 Å². The van der Waals surface area contributed by atoms with E-state index in [4.69, 9.17) is 4.74 Å². The number of hydrogen-bond acceptors (Lipinski definition) is 2. The lowest BCUT2D eigenvalue weighted by Gasteiger charge is -2.09. The lowest BCUT2D eigenvalue weighted by molar-refractivity contribution is -0.143. The molecule has 0 aliphatic heterocycles. The zero-order valence-corrected chi connectivity index (χ0v) is 7.04. The summed E-state index contributed by atoms with van der Waals surface area (Å²) in [4.78, 5) is 10.9. The number of hydrogen-bond donors (Lipinski definition) is 0. The van der Waals surface area contributed by atoms with Crippen molar-refractivity contribution >= 4 is 5.97 Å². The Balaban J connectivity index is 2.22. The van der Waals surface area contributed by atoms with Crippen molar-refractivity contribution in [1.82, 2.24) is 0 Å². The Kier molecular flexibility index (Phi) is 2.69. The van der Waals surface area contributed by atoms with Gasteiger partial charge in [-0.3, -0.25) is 0 Å². The second kappa shape index (κ2) is 3.56. The lowest BCUT2D eigenvalue weighted by Crippen LogP contribution is -2.14. The van der Waals surface area contributed by atoms with E-state index in [1.165, 1.54) is 18.9 Å². The summed E-state index contributed by atoms with van der Waals surface area (Å²) in [5, 5.41) is 0. The first kappa shape index (κ1) is 8.31. The Morgan fingerprint density at radius 1 is 1.64 bits per heavy atom. The van der Waals surface area contributed by atoms with E-state index in [0.717, 1.165) is 0 Å². The fraction of sp³-hybridized carbons (Fsp3) is 0.667. The fourth-order valence-electron chi connectivity index (χ4n) is 1.02. The number of esters is 1. The van der Waals surface area contributed by atoms with Crippen LogP contribution in [-0.2, 0) is 9.53 Å². The maximum absolute atomic E-state index is 10.9. The molecule has 0 unspecified atom stereocenters. The van der Waals surface area contributed by atoms with Crippen LogP contribution in [0.15, 0.2) is 12.2 Å². The highest BCUT2D eigenvalue weighted by Gasteiger charge is 2.30. The Hall–Kier alpha value is -0.790. The van der Waals surface area contributed by atoms with Gasteiger partial charge in [0.05, 0.1) is 0 Å². The maximum atomic E-state index is 10.9. The van der Waals surface area contributed by atoms with Gasteiger partial charge in [-0.2, -0.15) is 0 Å². The van der Waals surface area contributed by atoms with Crippen molar-refractivity contribution in [2.24, 2.45) is 5.92 Å². The summed E-state index contributed by atoms with van der Waals surface area (Å²) >= 11 is 0. The Labute approximate surface area is 67.2 Å². The second-order valence-electron chi connectivity index (χ2n) is 2.98. The molecule has 0 aromatic rings. The average molecular weight is 154 g/mol. The molecule has 1 aliphatic carbocycles. The summed E-state index contributed by atoms with van der Waals surface area (Å²) in [6.45, 7) is 3.77. The molecule has 2 nitrogen and oxygen atoms in total. The van der Waals surface area contributed by atoms with Crippen molar-refractivity contribution in [2.75, 3.05) is 0 Å². The number of carbonyl (C=O) groups is 1. The quantitative estimate of drug-likeness (QED) is 0.458. The lowest BCUT2D eigenvalue weighted by atomic mass is 10.3. The molecule has 0 N–H and O–H groups in total. The minimum absolute atomic E-state index is 0.110. The van der Waals surface area contributed by atoms with Crippen LogP contribution in [-0.4, -0.2) is 12.1 Å². The molecule has 0 aromatic heterocycles. The van der Waals surface area contributed by atoms with Crippen LogP contribution in [0.2, 0.25) is 0 Å². The van der Waals surface area contributed by atoms with Gasteiger partial charge >= 0.3 is 5.97 Å². The van der Waals surface area contributed by atoms with E-state index in [2.05, 4.69) is 0 Å². The Morgan fingerprint density at radius 2 is 2.27 bits per heavy atom. The Morgan fingerprint density at radius 3 is 2.73 bits per heavy atom. The van der Waals surface area contributed by atoms with E-state index in [1.807, 2.05) is 13.8 Å². The van der Waals surface area contributed by atoms with E-state index in [-0.39, 0.29) is 12.1 Å². The van der Waals surface area contributed by atoms with Crippen LogP contribution in [0.1, 0.15) is 26.7 Å². The first-order valence-electron chi connectivity index (χ1n) is 4.07. The number of carbonyl (C=O) groups excluding carboxylic acids is 1. The molecule has 0 amide bonds. The van der Waals surface area contributed by atoms with Gasteiger partial charge in [0.2, 0.25) is 0 Å². The molecule has 1 rings (SSSR count). The molecular formula is C9H14O2. The molecule has 0 saturated heterocycles. The van der Waals surface area contributed by atoms with Crippen LogP contribution in [0.3, 0.4) is 0 Å². The van der Waals surface area contributed by atoms with Gasteiger partial charge in [0, 0.05) is 6.08 Å². The van der Waals surface area contributed by atoms with Gasteiger partial charge in [0.25, 0.3) is 0 Å². The summed E-state index contributed by atoms with van der Waals surface area (Å²) in [5.41, 5.74) is 0. The van der Waals surface area contributed by atoms with Crippen molar-refractivity contribution in [3.63, 3.8) is 0 Å². The van der Waals surface area contributed by atoms with Gasteiger partial charge in [-0.25, -0.2) is 4.79 Å². The minimum Gasteiger partial charge on any atom is -0.459 e. The van der Waals surface area contributed by atoms with Crippen LogP contribution in [0.4, 0.5) is 0 Å². The third-order valence-corrected chi connectivity index (χ3v) is 1.89. The third-order valence-electron chi connectivity index (χ3n) is 1.89. The molecule has 62 valence electrons. The normalized spacial score (nSPS) is 20.2. The minimum atomic E-state index is -0.216. The zero-order chi connectivity index (χ0) is 8.27. The molecule has 0 bridgehead atoms. The van der Waals surface area contributed by atoms with Gasteiger partial charge in [0.15, 0.2) is 0 Å². The highest BCUT2D eigenvalue weighted by Crippen LogP contribution is 2.33. The summed E-state index contributed by atoms with van der Waals surface area (Å²) in [6.07, 6.45) is 5.69. The molecule has 0 spiro atoms. The monoisotopic (exact) mass is 154 g/mol. The highest BCUT2D eigenvalue weighted by molar-refractivity contribution is 5.81. The predicted octanol–water partition coefficient (Wildman–Crippen LogP) is 1.90. The van der Waals surface area contributed by atoms with E-state index < -0.39 is 0 Å². The van der Waals surface area contributed by atoms with Crippen molar-refractivity contribution in [1.29, 1.82) is 0 Å². The summed E-state index contributed by atoms with van der Waals surface area (Å²) in [6, 6.07) is 0. The first-order valence-corrected chi connectivity index (χ1v) is 4.07. The molecule has 0 heterocycles. The van der Waals surface area contributed by atoms with Crippen molar-refractivity contribution in [2.45, 2.75) is 32.8 Å². The van der Waals surface area contributed by atoms with Gasteiger partial charge in [-0.15, -0.1) is 0 Å². The summed E-state index contributed by atoms with van der Waals surface area (Å²) in [5.74, 6) is 0.413. The molecule has 0 aromatic carbocycles. The number of allylic oxidation sites excluding steroid dienone is 1. The molecule has 0 radical (unpaired) electrons. The second-order valence-corrected chi connectivity index (χ2v) is 2.98. The number of ether oxygens (including phenoxy) is 1. The number of rotatable bonds is 3. The topological polar surface area (TPSA) is 26.3 Å². The van der Waals surface area contributed by atoms with Crippen LogP contribution in [0.5, 0.6) is 0 Å². The predicted molar refractivity (Wildman–Crippen MR) is 43.1 cm³/mol. The molecule has 1 atom stereocenters. The van der Waals surface area contributed by atoms with Crippen LogP contribution in [0.25, 0.3) is 0 Å². The molecule has 1 saturated carbocycles. The summed E-state index contributed by atoms with van der Waals surface area (Å²) in [7, 11) is 0. The summed E-state index contributed by atoms with van der Waals surface area (Å²) < 4.78 is 5.09. The SMILES string of the molecule is C/C=C/C(=O)O[C@@H](C)C1CC1. The molecule has 1 aliphatic rings. The van der Waals surface area contributed by atoms with Gasteiger partial charge in [-0.1, -0.05) is 6.08 Å². The van der Waals surface area contributed by atoms with Crippen LogP contribution < -0.4 is 0 Å². The molecule has 2 heteroatoms. The maximum Gasteiger partial charge on any atom is 0.330 e. The Bertz CT molecular complexity index is 168. The van der Waals surface area contributed by atoms with E-state index >= 15 is 0 Å². The van der Waals surface area contributed by atoms with Gasteiger partial charge in [0.1, 0.15) is 6.10 Å². The smallest absolute Gasteiger partial charge is 0.330 e. The zero-order valence-electron chi connectivity index (χ0n) is 7.04. The molecule has 11 heavy (non-hydrogen) atoms. The molecule has 1 fully saturated rings. The van der Waals surface area contributed by atoms with E-state index in [9.17, 15) is 4.79 Å². The van der Waals surface area contributed by atoms with Gasteiger partial charge in [-0.05, 0) is 32.6 Å². The van der Waals surface area contributed by atoms with Crippen molar-refractivity contribution in [3.8, 4) is 0 Å². The average Bonchev–Trinajstić information content (AvgIpc) is 2.67. The highest BCUT2D eigenvalue weighted by atomic mass is 16.5. The fourth-order valence-corrected chi connectivity index (χ4v) is 1.02. The largest absolute Gasteiger partial charge is 0.459 e. The van der Waals surface area contributed by atoms with Gasteiger partial charge < -0.3 is 4.74 Å². The van der Waals surface area contributed by atoms with Crippen LogP contribution >= 0.6 is 0 Å². The molecular weight excluding hydrogens is 140 g/mol. The standard InChI is InChI=1S/C9H14O2/c1-3-4-9(10)11-7(2)8-5-6-8/h3-4,7-8H,5-6H2,1-2H3/b4-3+/t7-/m0/s1.